The molecule has 13 nitrogen and oxygen atoms in total. The van der Waals surface area contributed by atoms with E-state index in [1.165, 1.54) is 12.1 Å². The third-order valence-electron chi connectivity index (χ3n) is 14.5. The number of hydrogen-bond acceptors (Lipinski definition) is 10. The summed E-state index contributed by atoms with van der Waals surface area (Å²) in [7, 11) is -2.86. The Bertz CT molecular complexity index is 1850. The molecule has 6 N–H and O–H groups in total. The van der Waals surface area contributed by atoms with Gasteiger partial charge in [0.1, 0.15) is 18.9 Å². The predicted molar refractivity (Wildman–Crippen MR) is 202 cm³/mol. The number of halogens is 1. The fourth-order valence-corrected chi connectivity index (χ4v) is 11.8. The number of hydrogen-bond donors (Lipinski definition) is 6. The second-order valence-corrected chi connectivity index (χ2v) is 20.2. The minimum atomic E-state index is -4.91. The van der Waals surface area contributed by atoms with E-state index in [4.69, 9.17) is 14.0 Å². The van der Waals surface area contributed by atoms with E-state index in [1.54, 1.807) is 25.1 Å². The van der Waals surface area contributed by atoms with Gasteiger partial charge in [0.05, 0.1) is 38.4 Å². The largest absolute Gasteiger partial charge is 0.524 e. The van der Waals surface area contributed by atoms with Crippen molar-refractivity contribution in [2.24, 2.45) is 28.6 Å². The maximum atomic E-state index is 17.7. The van der Waals surface area contributed by atoms with E-state index in [2.05, 4.69) is 12.4 Å². The highest BCUT2D eigenvalue weighted by Gasteiger charge is 2.79. The lowest BCUT2D eigenvalue weighted by Gasteiger charge is -2.62. The lowest BCUT2D eigenvalue weighted by atomic mass is 9.45. The summed E-state index contributed by atoms with van der Waals surface area (Å²) in [5.41, 5.74) is -4.41. The maximum absolute atomic E-state index is 17.7. The van der Waals surface area contributed by atoms with Gasteiger partial charge >= 0.3 is 7.82 Å². The number of ketones is 2. The van der Waals surface area contributed by atoms with Crippen molar-refractivity contribution in [3.8, 4) is 5.75 Å². The SMILES string of the molecule is CC(C)(C)NCC(O)c1ccc(C[N+]2(C)CCC(C3O[C@@H]4C[C@H]5[C@@H]6CC=C7CC(=O)C=C[C@]7(C)[C@@]6(F)[C@@H](O)C[C@]5(C)[C@]4(C(=O)CO)O3)CC2)c(OP(=O)(O)O)c1. The smallest absolute Gasteiger partial charge is 0.404 e. The summed E-state index contributed by atoms with van der Waals surface area (Å²) < 4.78 is 48.9. The predicted octanol–water partition coefficient (Wildman–Crippen LogP) is 3.96. The highest BCUT2D eigenvalue weighted by molar-refractivity contribution is 7.46. The monoisotopic (exact) mass is 805 g/mol. The zero-order chi connectivity index (χ0) is 40.9. The quantitative estimate of drug-likeness (QED) is 0.114. The summed E-state index contributed by atoms with van der Waals surface area (Å²) in [6.07, 6.45) is 2.97. The lowest BCUT2D eigenvalue weighted by molar-refractivity contribution is -0.928. The first-order valence-corrected chi connectivity index (χ1v) is 21.4. The molecule has 0 bridgehead atoms. The number of phosphoric ester groups is 1. The van der Waals surface area contributed by atoms with Gasteiger partial charge in [-0.15, -0.1) is 0 Å². The number of benzene rings is 1. The van der Waals surface area contributed by atoms with Crippen LogP contribution in [0.1, 0.15) is 90.4 Å². The summed E-state index contributed by atoms with van der Waals surface area (Å²) in [4.78, 5) is 45.7. The van der Waals surface area contributed by atoms with Crippen molar-refractivity contribution < 1.29 is 62.1 Å². The first-order valence-electron chi connectivity index (χ1n) is 19.9. The third kappa shape index (κ3) is 6.79. The van der Waals surface area contributed by atoms with Crippen molar-refractivity contribution in [2.75, 3.05) is 33.3 Å². The number of phosphoric acid groups is 1. The van der Waals surface area contributed by atoms with Crippen LogP contribution in [0.4, 0.5) is 4.39 Å². The van der Waals surface area contributed by atoms with E-state index in [1.807, 2.05) is 33.8 Å². The van der Waals surface area contributed by atoms with E-state index >= 15 is 4.39 Å². The maximum Gasteiger partial charge on any atom is 0.524 e. The molecule has 310 valence electrons. The number of carbonyl (C=O) groups excluding carboxylic acids is 2. The number of carbonyl (C=O) groups is 2. The summed E-state index contributed by atoms with van der Waals surface area (Å²) in [6, 6.07) is 4.96. The van der Waals surface area contributed by atoms with Crippen LogP contribution >= 0.6 is 7.82 Å². The fraction of sp³-hybridized carbons (Fsp3) is 0.707. The second kappa shape index (κ2) is 14.1. The molecule has 2 aliphatic heterocycles. The van der Waals surface area contributed by atoms with Crippen LogP contribution in [-0.4, -0.2) is 110 Å². The van der Waals surface area contributed by atoms with Gasteiger partial charge in [0, 0.05) is 59.6 Å². The van der Waals surface area contributed by atoms with Gasteiger partial charge in [0.25, 0.3) is 0 Å². The van der Waals surface area contributed by atoms with E-state index in [0.717, 1.165) is 0 Å². The molecular weight excluding hydrogens is 746 g/mol. The molecule has 0 radical (unpaired) electrons. The summed E-state index contributed by atoms with van der Waals surface area (Å²) in [5, 5.41) is 36.3. The zero-order valence-corrected chi connectivity index (χ0v) is 34.1. The Morgan fingerprint density at radius 1 is 1.18 bits per heavy atom. The Morgan fingerprint density at radius 3 is 2.52 bits per heavy atom. The summed E-state index contributed by atoms with van der Waals surface area (Å²) >= 11 is 0. The van der Waals surface area contributed by atoms with Gasteiger partial charge in [-0.2, -0.15) is 0 Å². The van der Waals surface area contributed by atoms with Crippen LogP contribution in [0.2, 0.25) is 0 Å². The highest BCUT2D eigenvalue weighted by Crippen LogP contribution is 2.71. The number of nitrogens with zero attached hydrogens (tertiary/aromatic N) is 1. The molecule has 0 aromatic heterocycles. The molecule has 2 heterocycles. The number of nitrogens with one attached hydrogen (secondary N) is 1. The van der Waals surface area contributed by atoms with Crippen molar-refractivity contribution in [3.63, 3.8) is 0 Å². The van der Waals surface area contributed by atoms with Crippen LogP contribution in [0.15, 0.2) is 42.0 Å². The zero-order valence-electron chi connectivity index (χ0n) is 33.2. The van der Waals surface area contributed by atoms with Crippen molar-refractivity contribution in [2.45, 2.75) is 121 Å². The van der Waals surface area contributed by atoms with E-state index in [0.29, 0.717) is 66.5 Å². The topological polar surface area (TPSA) is 192 Å². The first-order chi connectivity index (χ1) is 26.0. The summed E-state index contributed by atoms with van der Waals surface area (Å²) in [5.74, 6) is -1.83. The van der Waals surface area contributed by atoms with Gasteiger partial charge in [-0.25, -0.2) is 8.96 Å². The van der Waals surface area contributed by atoms with Gasteiger partial charge < -0.3 is 39.1 Å². The molecule has 0 spiro atoms. The number of allylic oxidation sites excluding steroid dienone is 4. The number of aliphatic hydroxyl groups excluding tert-OH is 3. The molecule has 4 fully saturated rings. The highest BCUT2D eigenvalue weighted by atomic mass is 31.2. The van der Waals surface area contributed by atoms with Crippen LogP contribution in [0.25, 0.3) is 0 Å². The molecule has 2 saturated carbocycles. The number of fused-ring (bicyclic) bond motifs is 7. The molecular formula is C41H59FN2O11P+. The molecule has 6 aliphatic rings. The van der Waals surface area contributed by atoms with Gasteiger partial charge in [-0.1, -0.05) is 30.7 Å². The number of Topliss-reactive ketones (excluding diaryl/α,β-unsaturated/α-hetero) is 1. The fourth-order valence-electron chi connectivity index (χ4n) is 11.4. The number of β-amino-alcohol motifs (C(OH)–C–C–N with tert-alkyl or cyclic N) is 1. The number of ether oxygens (including phenoxy) is 2. The van der Waals surface area contributed by atoms with Crippen LogP contribution < -0.4 is 9.84 Å². The number of quaternary nitrogens is 1. The average Bonchev–Trinajstić information content (AvgIpc) is 3.61. The van der Waals surface area contributed by atoms with Crippen molar-refractivity contribution in [1.29, 1.82) is 0 Å². The van der Waals surface area contributed by atoms with Crippen LogP contribution in [0, 0.1) is 28.6 Å². The number of piperidine rings is 1. The molecule has 4 aliphatic carbocycles. The normalized spacial score (nSPS) is 41.3. The molecule has 10 atom stereocenters. The van der Waals surface area contributed by atoms with Crippen LogP contribution in [-0.2, 0) is 30.2 Å². The van der Waals surface area contributed by atoms with E-state index in [-0.39, 0.29) is 42.4 Å². The van der Waals surface area contributed by atoms with Gasteiger partial charge in [0.2, 0.25) is 0 Å². The third-order valence-corrected chi connectivity index (χ3v) is 14.9. The molecule has 7 rings (SSSR count). The minimum absolute atomic E-state index is 0.00768. The molecule has 1 aromatic carbocycles. The molecule has 56 heavy (non-hydrogen) atoms. The molecule has 0 amide bonds. The van der Waals surface area contributed by atoms with E-state index in [9.17, 15) is 39.3 Å². The molecule has 2 saturated heterocycles. The molecule has 15 heteroatoms. The van der Waals surface area contributed by atoms with Crippen LogP contribution in [0.3, 0.4) is 0 Å². The number of rotatable bonds is 10. The second-order valence-electron chi connectivity index (χ2n) is 19.1. The first kappa shape index (κ1) is 41.8. The number of likely N-dealkylation sites (tertiary alicyclic amines) is 1. The lowest BCUT2D eigenvalue weighted by Crippen LogP contribution is -2.69. The average molecular weight is 806 g/mol. The number of alkyl halides is 1. The Hall–Kier alpha value is -2.36. The summed E-state index contributed by atoms with van der Waals surface area (Å²) in [6.45, 7) is 10.7. The van der Waals surface area contributed by atoms with Gasteiger partial charge in [0.15, 0.2) is 29.1 Å². The van der Waals surface area contributed by atoms with Crippen molar-refractivity contribution in [1.82, 2.24) is 5.32 Å². The van der Waals surface area contributed by atoms with E-state index < -0.39 is 78.8 Å². The Labute approximate surface area is 328 Å². The Morgan fingerprint density at radius 2 is 1.88 bits per heavy atom. The number of aliphatic hydroxyl groups is 3. The van der Waals surface area contributed by atoms with Gasteiger partial charge in [-0.3, -0.25) is 19.4 Å². The van der Waals surface area contributed by atoms with Crippen molar-refractivity contribution in [3.05, 3.63) is 53.1 Å². The molecule has 1 aromatic rings. The van der Waals surface area contributed by atoms with Gasteiger partial charge in [-0.05, 0) is 76.6 Å². The molecule has 2 unspecified atom stereocenters. The van der Waals surface area contributed by atoms with Crippen LogP contribution in [0.5, 0.6) is 5.75 Å². The Balaban J connectivity index is 1.08. The Kier molecular flexibility index (Phi) is 10.6. The van der Waals surface area contributed by atoms with Crippen molar-refractivity contribution >= 4 is 19.4 Å². The minimum Gasteiger partial charge on any atom is -0.404 e. The standard InChI is InChI=1S/C41H58FN2O11P/c1-37(2,3)43-21-31(47)25-7-8-26(32(17-25)55-56(50,51)52)22-44(6)15-12-24(13-16-44)36-53-35-19-30-29-10-9-27-18-28(46)11-14-38(27,4)40(29,42)33(48)20-39(30,5)41(35,54-36)34(49)23-45/h7-9,11,14,17,24,29-31,33,35-36,43,45,47-48H,10,12-13,15-16,18-23H2,1-6H3,(H-,50,51,52)/p+1/t24?,29-,30-,31?,33-,35+,36?,38-,39-,40-,41+,44?/m0/s1.